The average Bonchev–Trinajstić information content (AvgIpc) is 3.31. The Morgan fingerprint density at radius 3 is 2.40 bits per heavy atom. The van der Waals surface area contributed by atoms with Crippen molar-refractivity contribution in [2.75, 3.05) is 45.3 Å². The molecule has 1 fully saturated rings. The summed E-state index contributed by atoms with van der Waals surface area (Å²) in [5.41, 5.74) is 2.48. The molecule has 1 saturated heterocycles. The number of para-hydroxylation sites is 2. The van der Waals surface area contributed by atoms with Gasteiger partial charge in [0.2, 0.25) is 5.88 Å². The molecule has 0 saturated carbocycles. The van der Waals surface area contributed by atoms with E-state index in [0.717, 1.165) is 47.4 Å². The first-order valence-electron chi connectivity index (χ1n) is 11.9. The Kier molecular flexibility index (Phi) is 6.50. The summed E-state index contributed by atoms with van der Waals surface area (Å²) < 4.78 is 17.5. The van der Waals surface area contributed by atoms with E-state index in [-0.39, 0.29) is 12.1 Å². The minimum Gasteiger partial charge on any atom is -0.493 e. The fraction of sp³-hybridized carbons (Fsp3) is 0.385. The molecule has 0 amide bonds. The van der Waals surface area contributed by atoms with Crippen LogP contribution in [0.2, 0.25) is 0 Å². The third-order valence-electron chi connectivity index (χ3n) is 6.64. The smallest absolute Gasteiger partial charge is 0.233 e. The van der Waals surface area contributed by atoms with Gasteiger partial charge in [0.15, 0.2) is 11.5 Å². The number of rotatable bonds is 8. The standard InChI is InChI=1S/C26H30N6O3/c1-5-31(6-2)21-14-32(15-24(21)35-25-13-27-18-9-7-8-10-19(18)30-25)26-17-11-22(33-3)23(34-4)12-20(17)28-16-29-26/h7-13,16,21,24H,5-6,14-15H2,1-4H3. The number of hydrogen-bond donors (Lipinski definition) is 0. The van der Waals surface area contributed by atoms with Gasteiger partial charge in [0.05, 0.1) is 49.6 Å². The van der Waals surface area contributed by atoms with E-state index in [4.69, 9.17) is 19.2 Å². The summed E-state index contributed by atoms with van der Waals surface area (Å²) in [6.07, 6.45) is 3.20. The Morgan fingerprint density at radius 2 is 1.66 bits per heavy atom. The van der Waals surface area contributed by atoms with E-state index < -0.39 is 0 Å². The molecule has 3 heterocycles. The molecule has 0 bridgehead atoms. The number of fused-ring (bicyclic) bond motifs is 2. The second-order valence-electron chi connectivity index (χ2n) is 8.47. The van der Waals surface area contributed by atoms with E-state index >= 15 is 0 Å². The van der Waals surface area contributed by atoms with Crippen LogP contribution in [0.25, 0.3) is 21.9 Å². The van der Waals surface area contributed by atoms with Gasteiger partial charge in [-0.15, -0.1) is 0 Å². The quantitative estimate of drug-likeness (QED) is 0.380. The zero-order chi connectivity index (χ0) is 24.4. The first kappa shape index (κ1) is 23.0. The normalized spacial score (nSPS) is 17.9. The van der Waals surface area contributed by atoms with Gasteiger partial charge >= 0.3 is 0 Å². The first-order valence-corrected chi connectivity index (χ1v) is 11.9. The van der Waals surface area contributed by atoms with Crippen molar-refractivity contribution in [3.8, 4) is 17.4 Å². The van der Waals surface area contributed by atoms with Crippen molar-refractivity contribution in [2.24, 2.45) is 0 Å². The van der Waals surface area contributed by atoms with Crippen molar-refractivity contribution >= 4 is 27.8 Å². The molecule has 0 aliphatic carbocycles. The number of anilines is 1. The number of benzene rings is 2. The molecule has 1 aliphatic rings. The van der Waals surface area contributed by atoms with E-state index in [9.17, 15) is 0 Å². The topological polar surface area (TPSA) is 85.7 Å². The van der Waals surface area contributed by atoms with Crippen LogP contribution in [0, 0.1) is 0 Å². The van der Waals surface area contributed by atoms with Gasteiger partial charge in [-0.3, -0.25) is 4.90 Å². The molecule has 2 unspecified atom stereocenters. The van der Waals surface area contributed by atoms with E-state index in [2.05, 4.69) is 38.6 Å². The highest BCUT2D eigenvalue weighted by Gasteiger charge is 2.39. The lowest BCUT2D eigenvalue weighted by atomic mass is 10.2. The van der Waals surface area contributed by atoms with Gasteiger partial charge in [0.25, 0.3) is 0 Å². The molecule has 5 rings (SSSR count). The molecular weight excluding hydrogens is 444 g/mol. The van der Waals surface area contributed by atoms with Crippen molar-refractivity contribution in [2.45, 2.75) is 26.0 Å². The number of ether oxygens (including phenoxy) is 3. The number of likely N-dealkylation sites (N-methyl/N-ethyl adjacent to an activating group) is 1. The largest absolute Gasteiger partial charge is 0.493 e. The molecule has 9 heteroatoms. The van der Waals surface area contributed by atoms with Gasteiger partial charge in [0.1, 0.15) is 18.2 Å². The van der Waals surface area contributed by atoms with Crippen molar-refractivity contribution in [3.63, 3.8) is 0 Å². The number of nitrogens with zero attached hydrogens (tertiary/aromatic N) is 6. The molecule has 2 atom stereocenters. The van der Waals surface area contributed by atoms with Crippen LogP contribution in [0.15, 0.2) is 48.9 Å². The highest BCUT2D eigenvalue weighted by molar-refractivity contribution is 5.92. The third-order valence-corrected chi connectivity index (χ3v) is 6.64. The zero-order valence-electron chi connectivity index (χ0n) is 20.5. The van der Waals surface area contributed by atoms with Crippen LogP contribution in [-0.4, -0.2) is 77.4 Å². The number of aromatic nitrogens is 4. The van der Waals surface area contributed by atoms with Gasteiger partial charge in [0, 0.05) is 18.0 Å². The second-order valence-corrected chi connectivity index (χ2v) is 8.47. The molecular formula is C26H30N6O3. The maximum absolute atomic E-state index is 6.48. The second kappa shape index (κ2) is 9.87. The van der Waals surface area contributed by atoms with E-state index in [0.29, 0.717) is 23.9 Å². The number of hydrogen-bond acceptors (Lipinski definition) is 9. The third kappa shape index (κ3) is 4.39. The molecule has 2 aromatic carbocycles. The maximum atomic E-state index is 6.48. The molecule has 182 valence electrons. The minimum atomic E-state index is -0.101. The Morgan fingerprint density at radius 1 is 0.914 bits per heavy atom. The Labute approximate surface area is 204 Å². The zero-order valence-corrected chi connectivity index (χ0v) is 20.5. The molecule has 4 aromatic rings. The molecule has 9 nitrogen and oxygen atoms in total. The van der Waals surface area contributed by atoms with Gasteiger partial charge < -0.3 is 19.1 Å². The molecule has 0 N–H and O–H groups in total. The van der Waals surface area contributed by atoms with Crippen LogP contribution in [0.1, 0.15) is 13.8 Å². The Bertz CT molecular complexity index is 1330. The predicted molar refractivity (Wildman–Crippen MR) is 136 cm³/mol. The van der Waals surface area contributed by atoms with Crippen LogP contribution >= 0.6 is 0 Å². The van der Waals surface area contributed by atoms with Crippen molar-refractivity contribution < 1.29 is 14.2 Å². The maximum Gasteiger partial charge on any atom is 0.233 e. The van der Waals surface area contributed by atoms with Crippen LogP contribution in [-0.2, 0) is 0 Å². The van der Waals surface area contributed by atoms with Crippen LogP contribution in [0.3, 0.4) is 0 Å². The minimum absolute atomic E-state index is 0.101. The van der Waals surface area contributed by atoms with Crippen LogP contribution in [0.5, 0.6) is 17.4 Å². The van der Waals surface area contributed by atoms with E-state index in [1.165, 1.54) is 0 Å². The molecule has 2 aromatic heterocycles. The fourth-order valence-corrected chi connectivity index (χ4v) is 4.86. The fourth-order valence-electron chi connectivity index (χ4n) is 4.86. The van der Waals surface area contributed by atoms with Gasteiger partial charge in [-0.2, -0.15) is 0 Å². The summed E-state index contributed by atoms with van der Waals surface area (Å²) in [6.45, 7) is 7.64. The Hall–Kier alpha value is -3.72. The Balaban J connectivity index is 1.49. The summed E-state index contributed by atoms with van der Waals surface area (Å²) in [4.78, 5) is 23.0. The van der Waals surface area contributed by atoms with Gasteiger partial charge in [-0.05, 0) is 31.3 Å². The summed E-state index contributed by atoms with van der Waals surface area (Å²) >= 11 is 0. The predicted octanol–water partition coefficient (Wildman–Crippen LogP) is 3.57. The molecule has 1 aliphatic heterocycles. The lowest BCUT2D eigenvalue weighted by Gasteiger charge is -2.30. The van der Waals surface area contributed by atoms with E-state index in [1.807, 2.05) is 36.4 Å². The highest BCUT2D eigenvalue weighted by Crippen LogP contribution is 2.36. The lowest BCUT2D eigenvalue weighted by molar-refractivity contribution is 0.104. The summed E-state index contributed by atoms with van der Waals surface area (Å²) in [6, 6.07) is 11.8. The monoisotopic (exact) mass is 474 g/mol. The summed E-state index contributed by atoms with van der Waals surface area (Å²) in [5, 5.41) is 0.912. The van der Waals surface area contributed by atoms with Crippen molar-refractivity contribution in [1.29, 1.82) is 0 Å². The SMILES string of the molecule is CCN(CC)C1CN(c2ncnc3cc(OC)c(OC)cc23)CC1Oc1cnc2ccccc2n1. The lowest BCUT2D eigenvalue weighted by Crippen LogP contribution is -2.45. The molecule has 0 spiro atoms. The summed E-state index contributed by atoms with van der Waals surface area (Å²) in [7, 11) is 3.26. The van der Waals surface area contributed by atoms with Crippen LogP contribution < -0.4 is 19.1 Å². The van der Waals surface area contributed by atoms with E-state index in [1.54, 1.807) is 26.7 Å². The van der Waals surface area contributed by atoms with Gasteiger partial charge in [-0.1, -0.05) is 26.0 Å². The van der Waals surface area contributed by atoms with Gasteiger partial charge in [-0.25, -0.2) is 19.9 Å². The highest BCUT2D eigenvalue weighted by atomic mass is 16.5. The van der Waals surface area contributed by atoms with Crippen LogP contribution in [0.4, 0.5) is 5.82 Å². The first-order chi connectivity index (χ1) is 17.1. The molecule has 0 radical (unpaired) electrons. The van der Waals surface area contributed by atoms with Crippen molar-refractivity contribution in [1.82, 2.24) is 24.8 Å². The van der Waals surface area contributed by atoms with Crippen molar-refractivity contribution in [3.05, 3.63) is 48.9 Å². The number of methoxy groups -OCH3 is 2. The molecule has 35 heavy (non-hydrogen) atoms. The summed E-state index contributed by atoms with van der Waals surface area (Å²) in [5.74, 6) is 2.67. The average molecular weight is 475 g/mol.